The van der Waals surface area contributed by atoms with Crippen LogP contribution in [0.1, 0.15) is 26.3 Å². The molecule has 0 saturated carbocycles. The van der Waals surface area contributed by atoms with E-state index in [1.165, 1.54) is 43.6 Å². The Balaban J connectivity index is 1.63. The van der Waals surface area contributed by atoms with Crippen molar-refractivity contribution in [1.29, 1.82) is 0 Å². The number of carbonyl (C=O) groups excluding carboxylic acids is 2. The number of halogens is 3. The first-order valence-electron chi connectivity index (χ1n) is 10.4. The van der Waals surface area contributed by atoms with Crippen LogP contribution in [0.3, 0.4) is 0 Å². The molecule has 8 nitrogen and oxygen atoms in total. The van der Waals surface area contributed by atoms with E-state index in [0.717, 1.165) is 6.54 Å². The molecule has 0 aliphatic carbocycles. The van der Waals surface area contributed by atoms with E-state index in [1.54, 1.807) is 12.1 Å². The van der Waals surface area contributed by atoms with E-state index >= 15 is 0 Å². The van der Waals surface area contributed by atoms with Gasteiger partial charge in [-0.2, -0.15) is 0 Å². The number of aliphatic imine (C=N–C) groups is 1. The summed E-state index contributed by atoms with van der Waals surface area (Å²) in [4.78, 5) is 36.3. The topological polar surface area (TPSA) is 95.9 Å². The first-order chi connectivity index (χ1) is 16.8. The number of nitrogens with zero attached hydrogens (tertiary/aromatic N) is 3. The lowest BCUT2D eigenvalue weighted by molar-refractivity contribution is 0.102. The van der Waals surface area contributed by atoms with Crippen molar-refractivity contribution < 1.29 is 18.7 Å². The molecule has 0 spiro atoms. The number of carbonyl (C=O) groups is 2. The Kier molecular flexibility index (Phi) is 7.18. The smallest absolute Gasteiger partial charge is 0.259 e. The number of aromatic nitrogens is 1. The number of anilines is 2. The van der Waals surface area contributed by atoms with Crippen LogP contribution in [0.4, 0.5) is 15.9 Å². The minimum Gasteiger partial charge on any atom is -0.494 e. The molecular weight excluding hydrogens is 496 g/mol. The van der Waals surface area contributed by atoms with Crippen LogP contribution in [-0.4, -0.2) is 54.8 Å². The molecule has 2 amide bonds. The zero-order chi connectivity index (χ0) is 25.1. The average Bonchev–Trinajstić information content (AvgIpc) is 3.26. The lowest BCUT2D eigenvalue weighted by Crippen LogP contribution is -2.24. The van der Waals surface area contributed by atoms with Crippen LogP contribution >= 0.6 is 23.2 Å². The van der Waals surface area contributed by atoms with Crippen molar-refractivity contribution in [2.24, 2.45) is 4.99 Å². The lowest BCUT2D eigenvalue weighted by Gasteiger charge is -2.17. The number of methoxy groups -OCH3 is 1. The molecule has 0 unspecified atom stereocenters. The van der Waals surface area contributed by atoms with Crippen molar-refractivity contribution >= 4 is 52.4 Å². The van der Waals surface area contributed by atoms with Crippen LogP contribution < -0.4 is 15.4 Å². The normalized spacial score (nSPS) is 12.8. The number of likely N-dealkylation sites (N-methyl/N-ethyl adjacent to an activating group) is 1. The van der Waals surface area contributed by atoms with Crippen LogP contribution in [0.2, 0.25) is 10.0 Å². The van der Waals surface area contributed by atoms with Gasteiger partial charge in [0.1, 0.15) is 23.2 Å². The molecule has 11 heteroatoms. The Labute approximate surface area is 210 Å². The Morgan fingerprint density at radius 3 is 2.43 bits per heavy atom. The highest BCUT2D eigenvalue weighted by molar-refractivity contribution is 6.32. The molecule has 4 rings (SSSR count). The first-order valence-corrected chi connectivity index (χ1v) is 11.2. The van der Waals surface area contributed by atoms with Gasteiger partial charge < -0.3 is 20.3 Å². The average molecular weight is 516 g/mol. The predicted molar refractivity (Wildman–Crippen MR) is 134 cm³/mol. The number of rotatable bonds is 6. The van der Waals surface area contributed by atoms with Gasteiger partial charge >= 0.3 is 0 Å². The second kappa shape index (κ2) is 10.3. The fraction of sp³-hybridized carbons (Fsp3) is 0.167. The van der Waals surface area contributed by atoms with Crippen molar-refractivity contribution in [1.82, 2.24) is 9.88 Å². The van der Waals surface area contributed by atoms with E-state index in [0.29, 0.717) is 23.0 Å². The molecule has 0 bridgehead atoms. The molecule has 35 heavy (non-hydrogen) atoms. The zero-order valence-electron chi connectivity index (χ0n) is 18.7. The number of benzene rings is 2. The molecule has 0 saturated heterocycles. The van der Waals surface area contributed by atoms with Crippen molar-refractivity contribution in [2.75, 3.05) is 37.9 Å². The number of ether oxygens (including phenoxy) is 1. The zero-order valence-corrected chi connectivity index (χ0v) is 20.2. The number of amidine groups is 1. The first kappa shape index (κ1) is 24.4. The third-order valence-electron chi connectivity index (χ3n) is 5.27. The Morgan fingerprint density at radius 2 is 1.80 bits per heavy atom. The summed E-state index contributed by atoms with van der Waals surface area (Å²) in [5, 5.41) is 5.79. The number of nitrogens with one attached hydrogen (secondary N) is 2. The van der Waals surface area contributed by atoms with Gasteiger partial charge in [-0.15, -0.1) is 0 Å². The molecular formula is C24H20Cl2FN5O3. The molecule has 180 valence electrons. The van der Waals surface area contributed by atoms with Crippen molar-refractivity contribution in [3.8, 4) is 5.75 Å². The van der Waals surface area contributed by atoms with E-state index < -0.39 is 17.6 Å². The van der Waals surface area contributed by atoms with Gasteiger partial charge in [-0.25, -0.2) is 9.37 Å². The number of hydrogen-bond donors (Lipinski definition) is 2. The Bertz CT molecular complexity index is 1330. The molecule has 1 aromatic heterocycles. The molecule has 2 aromatic carbocycles. The fourth-order valence-corrected chi connectivity index (χ4v) is 3.87. The largest absolute Gasteiger partial charge is 0.494 e. The second-order valence-electron chi connectivity index (χ2n) is 7.62. The van der Waals surface area contributed by atoms with E-state index in [-0.39, 0.29) is 33.4 Å². The summed E-state index contributed by atoms with van der Waals surface area (Å²) in [7, 11) is 3.22. The van der Waals surface area contributed by atoms with Crippen molar-refractivity contribution in [3.05, 3.63) is 81.2 Å². The van der Waals surface area contributed by atoms with Gasteiger partial charge in [0, 0.05) is 36.4 Å². The minimum atomic E-state index is -0.768. The van der Waals surface area contributed by atoms with Crippen molar-refractivity contribution in [2.45, 2.75) is 0 Å². The van der Waals surface area contributed by atoms with Crippen LogP contribution in [0, 0.1) is 5.82 Å². The van der Waals surface area contributed by atoms with E-state index in [9.17, 15) is 14.0 Å². The lowest BCUT2D eigenvalue weighted by atomic mass is 10.1. The highest BCUT2D eigenvalue weighted by atomic mass is 35.5. The third-order valence-corrected chi connectivity index (χ3v) is 5.71. The van der Waals surface area contributed by atoms with Gasteiger partial charge in [0.25, 0.3) is 11.8 Å². The molecule has 1 aliphatic rings. The monoisotopic (exact) mass is 515 g/mol. The maximum Gasteiger partial charge on any atom is 0.259 e. The quantitative estimate of drug-likeness (QED) is 0.494. The second-order valence-corrected chi connectivity index (χ2v) is 8.49. The standard InChI is InChI=1S/C24H20Cl2FN5O3/c1-32-8-7-28-22(32)13-3-5-16(18(27)9-13)23(33)31-21-17(10-15(26)11-19(21)35-2)24(34)30-20-6-4-14(25)12-29-20/h3-6,9-12H,7-8H2,1-2H3,(H,31,33)(H,29,30,34). The van der Waals surface area contributed by atoms with Crippen LogP contribution in [-0.2, 0) is 0 Å². The predicted octanol–water partition coefficient (Wildman–Crippen LogP) is 4.73. The summed E-state index contributed by atoms with van der Waals surface area (Å²) in [5.74, 6) is -1.10. The number of pyridine rings is 1. The molecule has 0 atom stereocenters. The van der Waals surface area contributed by atoms with Gasteiger partial charge in [-0.05, 0) is 30.3 Å². The summed E-state index contributed by atoms with van der Waals surface area (Å²) < 4.78 is 20.2. The summed E-state index contributed by atoms with van der Waals surface area (Å²) in [6, 6.07) is 10.1. The van der Waals surface area contributed by atoms with Gasteiger partial charge in [0.2, 0.25) is 0 Å². The minimum absolute atomic E-state index is 0.00147. The molecule has 0 fully saturated rings. The summed E-state index contributed by atoms with van der Waals surface area (Å²) in [6.07, 6.45) is 1.37. The van der Waals surface area contributed by atoms with E-state index in [4.69, 9.17) is 27.9 Å². The Hall–Kier alpha value is -3.69. The highest BCUT2D eigenvalue weighted by Crippen LogP contribution is 2.33. The van der Waals surface area contributed by atoms with Gasteiger partial charge in [-0.1, -0.05) is 29.3 Å². The number of amides is 2. The molecule has 2 heterocycles. The maximum absolute atomic E-state index is 14.9. The maximum atomic E-state index is 14.9. The van der Waals surface area contributed by atoms with Crippen LogP contribution in [0.25, 0.3) is 0 Å². The number of hydrogen-bond acceptors (Lipinski definition) is 6. The molecule has 1 aliphatic heterocycles. The van der Waals surface area contributed by atoms with Crippen molar-refractivity contribution in [3.63, 3.8) is 0 Å². The van der Waals surface area contributed by atoms with E-state index in [2.05, 4.69) is 20.6 Å². The Morgan fingerprint density at radius 1 is 1.03 bits per heavy atom. The van der Waals surface area contributed by atoms with Gasteiger partial charge in [0.05, 0.1) is 35.5 Å². The van der Waals surface area contributed by atoms with Crippen LogP contribution in [0.15, 0.2) is 53.7 Å². The fourth-order valence-electron chi connectivity index (χ4n) is 3.55. The summed E-state index contributed by atoms with van der Waals surface area (Å²) in [6.45, 7) is 1.37. The highest BCUT2D eigenvalue weighted by Gasteiger charge is 2.23. The molecule has 2 N–H and O–H groups in total. The summed E-state index contributed by atoms with van der Waals surface area (Å²) in [5.41, 5.74) is 0.381. The van der Waals surface area contributed by atoms with E-state index in [1.807, 2.05) is 11.9 Å². The molecule has 3 aromatic rings. The van der Waals surface area contributed by atoms with Crippen LogP contribution in [0.5, 0.6) is 5.75 Å². The molecule has 0 radical (unpaired) electrons. The third kappa shape index (κ3) is 5.36. The SMILES string of the molecule is COc1cc(Cl)cc(C(=O)Nc2ccc(Cl)cn2)c1NC(=O)c1ccc(C2=NCCN2C)cc1F. The van der Waals surface area contributed by atoms with Gasteiger partial charge in [0.15, 0.2) is 0 Å². The van der Waals surface area contributed by atoms with Gasteiger partial charge in [-0.3, -0.25) is 14.6 Å². The summed E-state index contributed by atoms with van der Waals surface area (Å²) >= 11 is 12.0.